The minimum absolute atomic E-state index is 0.0661. The number of likely N-dealkylation sites (tertiary alicyclic amines) is 1. The van der Waals surface area contributed by atoms with E-state index in [0.29, 0.717) is 17.6 Å². The zero-order valence-electron chi connectivity index (χ0n) is 17.0. The van der Waals surface area contributed by atoms with Crippen molar-refractivity contribution in [3.63, 3.8) is 0 Å². The lowest BCUT2D eigenvalue weighted by Crippen LogP contribution is -2.46. The molecular weight excluding hydrogens is 378 g/mol. The maximum Gasteiger partial charge on any atom is 0.251 e. The van der Waals surface area contributed by atoms with Gasteiger partial charge in [0.05, 0.1) is 12.8 Å². The average molecular weight is 403 g/mol. The number of rotatable bonds is 4. The van der Waals surface area contributed by atoms with E-state index in [1.807, 2.05) is 34.9 Å². The Labute approximate surface area is 175 Å². The molecular formula is C24H25N3O3. The molecule has 5 rings (SSSR count). The number of methoxy groups -OCH3 is 1. The fourth-order valence-corrected chi connectivity index (χ4v) is 4.96. The fraction of sp³-hybridized carbons (Fsp3) is 0.333. The lowest BCUT2D eigenvalue weighted by molar-refractivity contribution is 0.114. The van der Waals surface area contributed by atoms with Crippen LogP contribution in [-0.2, 0) is 13.1 Å². The number of nitrogens with zero attached hydrogens (tertiary/aromatic N) is 3. The van der Waals surface area contributed by atoms with Crippen LogP contribution in [0.25, 0.3) is 11.3 Å². The van der Waals surface area contributed by atoms with E-state index >= 15 is 0 Å². The van der Waals surface area contributed by atoms with Crippen LogP contribution in [0.1, 0.15) is 23.6 Å². The molecule has 2 bridgehead atoms. The molecule has 1 N–H and O–H groups in total. The van der Waals surface area contributed by atoms with Gasteiger partial charge in [-0.1, -0.05) is 12.1 Å². The van der Waals surface area contributed by atoms with Crippen molar-refractivity contribution in [2.75, 3.05) is 20.2 Å². The van der Waals surface area contributed by atoms with Crippen molar-refractivity contribution >= 4 is 0 Å². The zero-order chi connectivity index (χ0) is 20.7. The van der Waals surface area contributed by atoms with Gasteiger partial charge in [0.25, 0.3) is 5.56 Å². The third kappa shape index (κ3) is 3.48. The van der Waals surface area contributed by atoms with E-state index in [4.69, 9.17) is 4.74 Å². The summed E-state index contributed by atoms with van der Waals surface area (Å²) in [6.45, 7) is 3.39. The van der Waals surface area contributed by atoms with Crippen LogP contribution in [-0.4, -0.2) is 39.8 Å². The average Bonchev–Trinajstić information content (AvgIpc) is 2.75. The Hall–Kier alpha value is -3.12. The first-order valence-corrected chi connectivity index (χ1v) is 10.3. The number of aromatic nitrogens is 2. The van der Waals surface area contributed by atoms with Crippen molar-refractivity contribution in [1.29, 1.82) is 0 Å². The second-order valence-electron chi connectivity index (χ2n) is 8.33. The quantitative estimate of drug-likeness (QED) is 0.724. The molecule has 2 aliphatic rings. The lowest BCUT2D eigenvalue weighted by atomic mass is 9.82. The minimum atomic E-state index is 0.0661. The first kappa shape index (κ1) is 18.9. The molecule has 2 atom stereocenters. The van der Waals surface area contributed by atoms with Crippen molar-refractivity contribution in [3.05, 3.63) is 76.3 Å². The number of aromatic hydroxyl groups is 1. The van der Waals surface area contributed by atoms with Gasteiger partial charge in [0, 0.05) is 55.6 Å². The highest BCUT2D eigenvalue weighted by molar-refractivity contribution is 5.59. The van der Waals surface area contributed by atoms with E-state index in [2.05, 4.69) is 16.0 Å². The molecule has 1 saturated heterocycles. The second kappa shape index (κ2) is 7.61. The van der Waals surface area contributed by atoms with Gasteiger partial charge in [-0.05, 0) is 48.2 Å². The number of phenolic OH excluding ortho intramolecular Hbond substituents is 1. The van der Waals surface area contributed by atoms with E-state index in [1.54, 1.807) is 25.4 Å². The largest absolute Gasteiger partial charge is 0.504 e. The molecule has 6 heteroatoms. The van der Waals surface area contributed by atoms with Crippen LogP contribution in [0.2, 0.25) is 0 Å². The van der Waals surface area contributed by atoms with Crippen LogP contribution in [0.15, 0.2) is 59.5 Å². The molecule has 3 aromatic rings. The minimum Gasteiger partial charge on any atom is -0.504 e. The van der Waals surface area contributed by atoms with Gasteiger partial charge in [-0.15, -0.1) is 0 Å². The summed E-state index contributed by atoms with van der Waals surface area (Å²) in [5.41, 5.74) is 3.97. The molecule has 1 aromatic carbocycles. The molecule has 6 nitrogen and oxygen atoms in total. The van der Waals surface area contributed by atoms with Crippen molar-refractivity contribution < 1.29 is 9.84 Å². The molecule has 0 amide bonds. The summed E-state index contributed by atoms with van der Waals surface area (Å²) in [7, 11) is 1.55. The molecule has 0 unspecified atom stereocenters. The number of hydrogen-bond acceptors (Lipinski definition) is 5. The molecule has 154 valence electrons. The van der Waals surface area contributed by atoms with Gasteiger partial charge in [0.2, 0.25) is 0 Å². The van der Waals surface area contributed by atoms with Gasteiger partial charge in [0.15, 0.2) is 11.5 Å². The predicted octanol–water partition coefficient (Wildman–Crippen LogP) is 3.24. The maximum atomic E-state index is 12.8. The number of hydrogen-bond donors (Lipinski definition) is 1. The van der Waals surface area contributed by atoms with E-state index in [1.165, 1.54) is 0 Å². The standard InChI is InChI=1S/C24H25N3O3/c1-30-23-6-5-16(9-22(23)28)12-26-13-17-8-19(15-26)21-10-18(11-24(29)27(21)14-17)20-4-2-3-7-25-20/h2-7,9-11,17,19,28H,8,12-15H2,1H3/t17-,19+/m0/s1. The Morgan fingerprint density at radius 1 is 1.13 bits per heavy atom. The highest BCUT2D eigenvalue weighted by Gasteiger charge is 2.35. The summed E-state index contributed by atoms with van der Waals surface area (Å²) in [6.07, 6.45) is 2.87. The van der Waals surface area contributed by atoms with Crippen LogP contribution < -0.4 is 10.3 Å². The van der Waals surface area contributed by atoms with Crippen molar-refractivity contribution in [1.82, 2.24) is 14.5 Å². The number of phenols is 1. The van der Waals surface area contributed by atoms with Crippen LogP contribution in [0.3, 0.4) is 0 Å². The molecule has 0 aliphatic carbocycles. The molecule has 0 radical (unpaired) electrons. The lowest BCUT2D eigenvalue weighted by Gasteiger charge is -2.43. The van der Waals surface area contributed by atoms with Crippen LogP contribution in [0, 0.1) is 5.92 Å². The number of pyridine rings is 2. The molecule has 1 fully saturated rings. The van der Waals surface area contributed by atoms with Crippen molar-refractivity contribution in [2.24, 2.45) is 5.92 Å². The summed E-state index contributed by atoms with van der Waals surface area (Å²) in [5.74, 6) is 1.44. The summed E-state index contributed by atoms with van der Waals surface area (Å²) < 4.78 is 7.11. The third-order valence-corrected chi connectivity index (χ3v) is 6.24. The number of benzene rings is 1. The van der Waals surface area contributed by atoms with Gasteiger partial charge in [-0.25, -0.2) is 0 Å². The fourth-order valence-electron chi connectivity index (χ4n) is 4.96. The van der Waals surface area contributed by atoms with Crippen LogP contribution in [0.4, 0.5) is 0 Å². The van der Waals surface area contributed by atoms with Gasteiger partial charge >= 0.3 is 0 Å². The molecule has 4 heterocycles. The van der Waals surface area contributed by atoms with E-state index in [9.17, 15) is 9.90 Å². The van der Waals surface area contributed by atoms with E-state index in [0.717, 1.165) is 55.1 Å². The van der Waals surface area contributed by atoms with Crippen LogP contribution in [0.5, 0.6) is 11.5 Å². The number of fused-ring (bicyclic) bond motifs is 4. The first-order valence-electron chi connectivity index (χ1n) is 10.3. The monoisotopic (exact) mass is 403 g/mol. The highest BCUT2D eigenvalue weighted by atomic mass is 16.5. The molecule has 30 heavy (non-hydrogen) atoms. The normalized spacial score (nSPS) is 20.6. The maximum absolute atomic E-state index is 12.8. The van der Waals surface area contributed by atoms with Gasteiger partial charge < -0.3 is 14.4 Å². The summed E-state index contributed by atoms with van der Waals surface area (Å²) in [6, 6.07) is 15.2. The summed E-state index contributed by atoms with van der Waals surface area (Å²) in [5, 5.41) is 10.1. The Kier molecular flexibility index (Phi) is 4.79. The Morgan fingerprint density at radius 3 is 2.80 bits per heavy atom. The Bertz CT molecular complexity index is 1130. The molecule has 0 saturated carbocycles. The van der Waals surface area contributed by atoms with Gasteiger partial charge in [-0.2, -0.15) is 0 Å². The molecule has 2 aromatic heterocycles. The zero-order valence-corrected chi connectivity index (χ0v) is 17.0. The summed E-state index contributed by atoms with van der Waals surface area (Å²) in [4.78, 5) is 19.7. The van der Waals surface area contributed by atoms with Crippen LogP contribution >= 0.6 is 0 Å². The number of piperidine rings is 1. The smallest absolute Gasteiger partial charge is 0.251 e. The van der Waals surface area contributed by atoms with Gasteiger partial charge in [-0.3, -0.25) is 14.7 Å². The Balaban J connectivity index is 1.42. The highest BCUT2D eigenvalue weighted by Crippen LogP contribution is 2.37. The first-order chi connectivity index (χ1) is 14.6. The van der Waals surface area contributed by atoms with E-state index in [-0.39, 0.29) is 11.3 Å². The van der Waals surface area contributed by atoms with Crippen molar-refractivity contribution in [3.8, 4) is 22.8 Å². The van der Waals surface area contributed by atoms with Gasteiger partial charge in [0.1, 0.15) is 0 Å². The third-order valence-electron chi connectivity index (χ3n) is 6.24. The topological polar surface area (TPSA) is 67.6 Å². The SMILES string of the molecule is COc1ccc(CN2C[C@@H]3C[C@H](C2)c2cc(-c4ccccn4)cc(=O)n2C3)cc1O. The summed E-state index contributed by atoms with van der Waals surface area (Å²) >= 11 is 0. The molecule has 2 aliphatic heterocycles. The molecule has 0 spiro atoms. The predicted molar refractivity (Wildman–Crippen MR) is 115 cm³/mol. The van der Waals surface area contributed by atoms with E-state index < -0.39 is 0 Å². The van der Waals surface area contributed by atoms with Crippen molar-refractivity contribution in [2.45, 2.75) is 25.4 Å². The Morgan fingerprint density at radius 2 is 2.03 bits per heavy atom. The number of ether oxygens (including phenoxy) is 1. The second-order valence-corrected chi connectivity index (χ2v) is 8.33.